The maximum Gasteiger partial charge on any atom is 4.00 e. The fourth-order valence-electron chi connectivity index (χ4n) is 2.08. The van der Waals surface area contributed by atoms with Gasteiger partial charge in [0.25, 0.3) is 0 Å². The number of benzene rings is 1. The first kappa shape index (κ1) is 30.4. The van der Waals surface area contributed by atoms with Crippen molar-refractivity contribution in [1.82, 2.24) is 14.9 Å². The van der Waals surface area contributed by atoms with Crippen molar-refractivity contribution < 1.29 is 24.2 Å². The zero-order chi connectivity index (χ0) is 22.6. The fraction of sp³-hybridized carbons (Fsp3) is 0.250. The van der Waals surface area contributed by atoms with Crippen LogP contribution in [0.15, 0.2) is 67.0 Å². The van der Waals surface area contributed by atoms with Crippen molar-refractivity contribution in [3.05, 3.63) is 89.4 Å². The Bertz CT molecular complexity index is 771. The first-order valence-electron chi connectivity index (χ1n) is 9.38. The summed E-state index contributed by atoms with van der Waals surface area (Å²) < 4.78 is 5.10. The Kier molecular flexibility index (Phi) is 20.1. The molecule has 2 aromatic heterocycles. The average molecular weight is 506 g/mol. The van der Waals surface area contributed by atoms with E-state index in [1.165, 1.54) is 0 Å². The Morgan fingerprint density at radius 2 is 1.42 bits per heavy atom. The van der Waals surface area contributed by atoms with E-state index >= 15 is 0 Å². The van der Waals surface area contributed by atoms with Crippen LogP contribution in [0, 0.1) is 6.07 Å². The third-order valence-corrected chi connectivity index (χ3v) is 3.15. The van der Waals surface area contributed by atoms with E-state index in [9.17, 15) is 0 Å². The zero-order valence-electron chi connectivity index (χ0n) is 18.7. The molecule has 164 valence electrons. The summed E-state index contributed by atoms with van der Waals surface area (Å²) in [5.74, 6) is 0.894. The molecule has 6 nitrogen and oxygen atoms in total. The van der Waals surface area contributed by atoms with Crippen molar-refractivity contribution in [1.29, 1.82) is 0 Å². The van der Waals surface area contributed by atoms with Crippen LogP contribution in [0.5, 0.6) is 5.75 Å². The minimum atomic E-state index is 0. The van der Waals surface area contributed by atoms with E-state index in [1.54, 1.807) is 33.4 Å². The second-order valence-electron chi connectivity index (χ2n) is 5.94. The van der Waals surface area contributed by atoms with E-state index in [2.05, 4.69) is 20.9 Å². The van der Waals surface area contributed by atoms with Crippen LogP contribution in [0.2, 0.25) is 0 Å². The molecule has 0 spiro atoms. The third-order valence-electron chi connectivity index (χ3n) is 3.15. The normalized spacial score (nSPS) is 8.58. The number of hydrogen-bond acceptors (Lipinski definition) is 4. The summed E-state index contributed by atoms with van der Waals surface area (Å²) in [5, 5.41) is 14.9. The van der Waals surface area contributed by atoms with Crippen molar-refractivity contribution in [3.8, 4) is 17.1 Å². The molecule has 0 saturated heterocycles. The van der Waals surface area contributed by atoms with E-state index in [0.717, 1.165) is 41.7 Å². The molecule has 7 heteroatoms. The Morgan fingerprint density at radius 3 is 1.77 bits per heavy atom. The molecular formula is C24H30N5ORu+. The van der Waals surface area contributed by atoms with E-state index < -0.39 is 0 Å². The van der Waals surface area contributed by atoms with E-state index in [1.807, 2.05) is 68.7 Å². The van der Waals surface area contributed by atoms with Crippen molar-refractivity contribution >= 4 is 12.4 Å². The van der Waals surface area contributed by atoms with Gasteiger partial charge in [-0.25, -0.2) is 12.4 Å². The monoisotopic (exact) mass is 506 g/mol. The minimum Gasteiger partial charge on any atom is -0.814 e. The average Bonchev–Trinajstić information content (AvgIpc) is 2.76. The van der Waals surface area contributed by atoms with E-state index in [0.29, 0.717) is 0 Å². The first-order valence-corrected chi connectivity index (χ1v) is 9.38. The Morgan fingerprint density at radius 1 is 0.935 bits per heavy atom. The second kappa shape index (κ2) is 20.5. The molecule has 0 fully saturated rings. The van der Waals surface area contributed by atoms with Gasteiger partial charge in [-0.05, 0) is 38.4 Å². The molecule has 0 amide bonds. The molecule has 0 aliphatic carbocycles. The van der Waals surface area contributed by atoms with Gasteiger partial charge in [0, 0.05) is 24.7 Å². The molecule has 0 radical (unpaired) electrons. The summed E-state index contributed by atoms with van der Waals surface area (Å²) in [7, 11) is 5.75. The molecule has 3 aromatic rings. The van der Waals surface area contributed by atoms with Crippen LogP contribution in [0.1, 0.15) is 19.4 Å². The van der Waals surface area contributed by atoms with Crippen LogP contribution in [-0.4, -0.2) is 48.5 Å². The van der Waals surface area contributed by atoms with Gasteiger partial charge in [0.1, 0.15) is 0 Å². The molecule has 0 N–H and O–H groups in total. The van der Waals surface area contributed by atoms with Gasteiger partial charge in [-0.2, -0.15) is 12.1 Å². The van der Waals surface area contributed by atoms with Crippen molar-refractivity contribution in [2.75, 3.05) is 21.2 Å². The van der Waals surface area contributed by atoms with Crippen LogP contribution in [0.3, 0.4) is 0 Å². The predicted octanol–water partition coefficient (Wildman–Crippen LogP) is 4.99. The maximum absolute atomic E-state index is 7.44. The minimum absolute atomic E-state index is 0. The topological polar surface area (TPSA) is 82.9 Å². The van der Waals surface area contributed by atoms with Gasteiger partial charge in [0.15, 0.2) is 0 Å². The van der Waals surface area contributed by atoms with E-state index in [-0.39, 0.29) is 19.5 Å². The Hall–Kier alpha value is -2.76. The molecule has 31 heavy (non-hydrogen) atoms. The maximum atomic E-state index is 7.44. The number of aromatic nitrogens is 2. The Labute approximate surface area is 199 Å². The molecule has 0 unspecified atom stereocenters. The molecule has 1 aromatic carbocycles. The van der Waals surface area contributed by atoms with Crippen LogP contribution < -0.4 is 4.74 Å². The predicted molar refractivity (Wildman–Crippen MR) is 127 cm³/mol. The van der Waals surface area contributed by atoms with E-state index in [4.69, 9.17) is 15.6 Å². The molecule has 0 aliphatic heterocycles. The Balaban J connectivity index is 0. The number of hydrogen-bond donors (Lipinski definition) is 0. The van der Waals surface area contributed by atoms with Crippen molar-refractivity contribution in [2.24, 2.45) is 0 Å². The van der Waals surface area contributed by atoms with Crippen LogP contribution in [0.25, 0.3) is 22.2 Å². The molecule has 0 aliphatic rings. The number of ether oxygens (including phenoxy) is 1. The number of nitrogens with zero attached hydrogens (tertiary/aromatic N) is 5. The third kappa shape index (κ3) is 15.7. The molecule has 3 rings (SSSR count). The number of rotatable bonds is 4. The van der Waals surface area contributed by atoms with Crippen molar-refractivity contribution in [3.63, 3.8) is 0 Å². The molecule has 0 saturated carbocycles. The van der Waals surface area contributed by atoms with Crippen LogP contribution >= 0.6 is 0 Å². The SMILES string of the molecule is CC=[N-].CC=[N-].COc1cc[c-]c(CN(C)C)c1.[Ru+4].c1ccc(-c2ccccn2)nc1. The van der Waals surface area contributed by atoms with Gasteiger partial charge < -0.3 is 20.5 Å². The smallest absolute Gasteiger partial charge is 0.814 e. The fourth-order valence-corrected chi connectivity index (χ4v) is 2.08. The molecular weight excluding hydrogens is 475 g/mol. The van der Waals surface area contributed by atoms with Gasteiger partial charge in [0.2, 0.25) is 0 Å². The van der Waals surface area contributed by atoms with Gasteiger partial charge in [-0.1, -0.05) is 26.0 Å². The van der Waals surface area contributed by atoms with Gasteiger partial charge in [-0.15, -0.1) is 17.7 Å². The molecule has 2 heterocycles. The number of methoxy groups -OCH3 is 1. The summed E-state index contributed by atoms with van der Waals surface area (Å²) >= 11 is 0. The van der Waals surface area contributed by atoms with Crippen LogP contribution in [0.4, 0.5) is 0 Å². The quantitative estimate of drug-likeness (QED) is 0.284. The zero-order valence-corrected chi connectivity index (χ0v) is 20.4. The number of pyridine rings is 2. The standard InChI is InChI=1S/C10H8N2.C10H14NO.2C2H4N.Ru/c1-3-7-11-9(5-1)10-6-2-4-8-12-10;1-11(2)8-9-5-4-6-10(7-9)12-3;2*1-2-3;/h1-8H;4,6-7H,8H2,1-3H3;2*2H,1H3;/q;3*-1;+4. The summed E-state index contributed by atoms with van der Waals surface area (Å²) in [5.41, 5.74) is 2.98. The summed E-state index contributed by atoms with van der Waals surface area (Å²) in [6.45, 7) is 4.01. The van der Waals surface area contributed by atoms with Gasteiger partial charge >= 0.3 is 19.5 Å². The van der Waals surface area contributed by atoms with Crippen LogP contribution in [-0.2, 0) is 26.0 Å². The van der Waals surface area contributed by atoms with Crippen molar-refractivity contribution in [2.45, 2.75) is 20.4 Å². The summed E-state index contributed by atoms with van der Waals surface area (Å²) in [4.78, 5) is 10.5. The summed E-state index contributed by atoms with van der Waals surface area (Å²) in [6.07, 6.45) is 5.54. The second-order valence-corrected chi connectivity index (χ2v) is 5.94. The van der Waals surface area contributed by atoms with Gasteiger partial charge in [-0.3, -0.25) is 9.97 Å². The molecule has 0 atom stereocenters. The van der Waals surface area contributed by atoms with Gasteiger partial charge in [0.05, 0.1) is 18.5 Å². The first-order chi connectivity index (χ1) is 14.5. The molecule has 0 bridgehead atoms. The summed E-state index contributed by atoms with van der Waals surface area (Å²) in [6, 6.07) is 20.5. The largest absolute Gasteiger partial charge is 4.00 e.